The smallest absolute Gasteiger partial charge is 0.225 e. The number of rotatable bonds is 7. The fourth-order valence-corrected chi connectivity index (χ4v) is 7.73. The molecule has 7 rings (SSSR count). The first-order valence-electron chi connectivity index (χ1n) is 15.3. The molecule has 2 fully saturated rings. The first-order valence-corrected chi connectivity index (χ1v) is 16.1. The molecule has 8 heteroatoms. The molecule has 2 aliphatic rings. The van der Waals surface area contributed by atoms with Gasteiger partial charge in [-0.15, -0.1) is 11.3 Å². The van der Waals surface area contributed by atoms with E-state index < -0.39 is 0 Å². The van der Waals surface area contributed by atoms with Gasteiger partial charge in [0, 0.05) is 72.7 Å². The molecule has 5 aromatic rings. The molecule has 1 saturated carbocycles. The van der Waals surface area contributed by atoms with Crippen LogP contribution in [0.15, 0.2) is 72.9 Å². The topological polar surface area (TPSA) is 59.3 Å². The van der Waals surface area contributed by atoms with Crippen LogP contribution in [0, 0.1) is 5.92 Å². The van der Waals surface area contributed by atoms with Gasteiger partial charge in [-0.25, -0.2) is 4.98 Å². The van der Waals surface area contributed by atoms with Gasteiger partial charge in [0.25, 0.3) is 0 Å². The number of imidazole rings is 1. The lowest BCUT2D eigenvalue weighted by molar-refractivity contribution is -0.140. The van der Waals surface area contributed by atoms with Crippen LogP contribution in [0.4, 0.5) is 0 Å². The van der Waals surface area contributed by atoms with Crippen molar-refractivity contribution in [1.29, 1.82) is 0 Å². The number of fused-ring (bicyclic) bond motifs is 2. The zero-order valence-electron chi connectivity index (χ0n) is 24.9. The molecule has 1 saturated heterocycles. The second kappa shape index (κ2) is 12.1. The van der Waals surface area contributed by atoms with E-state index in [-0.39, 0.29) is 12.0 Å². The van der Waals surface area contributed by atoms with Crippen LogP contribution in [0.25, 0.3) is 37.4 Å². The quantitative estimate of drug-likeness (QED) is 0.209. The molecule has 0 radical (unpaired) electrons. The number of piperazine rings is 1. The maximum atomic E-state index is 13.4. The Morgan fingerprint density at radius 2 is 1.74 bits per heavy atom. The van der Waals surface area contributed by atoms with Crippen LogP contribution in [-0.4, -0.2) is 71.6 Å². The van der Waals surface area contributed by atoms with Gasteiger partial charge in [-0.2, -0.15) is 0 Å². The van der Waals surface area contributed by atoms with Gasteiger partial charge in [0.05, 0.1) is 24.6 Å². The SMILES string of the molecule is COc1ccc(-c2nc3ccc(-c4cc5ccccc5s4)cn3c2CN2CCN(C(=O)[C@H]3CCC[C@H](OC)C3)CC2)cc1. The average Bonchev–Trinajstić information content (AvgIpc) is 3.66. The summed E-state index contributed by atoms with van der Waals surface area (Å²) in [6.07, 6.45) is 6.42. The van der Waals surface area contributed by atoms with Crippen molar-refractivity contribution in [2.24, 2.45) is 5.92 Å². The summed E-state index contributed by atoms with van der Waals surface area (Å²) in [5.41, 5.74) is 5.35. The van der Waals surface area contributed by atoms with E-state index in [9.17, 15) is 4.79 Å². The summed E-state index contributed by atoms with van der Waals surface area (Å²) < 4.78 is 14.6. The minimum Gasteiger partial charge on any atom is -0.497 e. The van der Waals surface area contributed by atoms with E-state index in [2.05, 4.69) is 75.0 Å². The molecule has 2 atom stereocenters. The zero-order valence-corrected chi connectivity index (χ0v) is 25.7. The van der Waals surface area contributed by atoms with Gasteiger partial charge in [-0.05, 0) is 73.2 Å². The van der Waals surface area contributed by atoms with Gasteiger partial charge < -0.3 is 18.8 Å². The Bertz CT molecular complexity index is 1700. The van der Waals surface area contributed by atoms with Crippen molar-refractivity contribution < 1.29 is 14.3 Å². The molecule has 0 unspecified atom stereocenters. The Hall–Kier alpha value is -3.72. The second-order valence-corrected chi connectivity index (χ2v) is 12.8. The molecule has 222 valence electrons. The molecule has 4 heterocycles. The van der Waals surface area contributed by atoms with Crippen LogP contribution < -0.4 is 4.74 Å². The first kappa shape index (κ1) is 28.1. The van der Waals surface area contributed by atoms with Crippen molar-refractivity contribution in [2.45, 2.75) is 38.3 Å². The van der Waals surface area contributed by atoms with Crippen molar-refractivity contribution >= 4 is 33.0 Å². The van der Waals surface area contributed by atoms with E-state index in [0.717, 1.165) is 86.8 Å². The maximum Gasteiger partial charge on any atom is 0.225 e. The predicted octanol–water partition coefficient (Wildman–Crippen LogP) is 6.74. The number of hydrogen-bond donors (Lipinski definition) is 0. The number of amides is 1. The Morgan fingerprint density at radius 3 is 2.51 bits per heavy atom. The monoisotopic (exact) mass is 594 g/mol. The number of benzene rings is 2. The molecule has 1 aliphatic carbocycles. The molecule has 3 aromatic heterocycles. The van der Waals surface area contributed by atoms with E-state index in [1.165, 1.54) is 20.5 Å². The lowest BCUT2D eigenvalue weighted by Gasteiger charge is -2.38. The third-order valence-electron chi connectivity index (χ3n) is 9.16. The second-order valence-electron chi connectivity index (χ2n) is 11.8. The molecule has 2 aromatic carbocycles. The highest BCUT2D eigenvalue weighted by atomic mass is 32.1. The fraction of sp³-hybridized carbons (Fsp3) is 0.371. The highest BCUT2D eigenvalue weighted by Gasteiger charge is 2.32. The summed E-state index contributed by atoms with van der Waals surface area (Å²) in [5.74, 6) is 1.23. The van der Waals surface area contributed by atoms with Crippen LogP contribution >= 0.6 is 11.3 Å². The lowest BCUT2D eigenvalue weighted by atomic mass is 9.86. The number of hydrogen-bond acceptors (Lipinski definition) is 6. The fourth-order valence-electron chi connectivity index (χ4n) is 6.67. The van der Waals surface area contributed by atoms with Gasteiger partial charge in [0.2, 0.25) is 5.91 Å². The molecule has 1 amide bonds. The number of ether oxygens (including phenoxy) is 2. The molecule has 43 heavy (non-hydrogen) atoms. The minimum atomic E-state index is 0.0954. The van der Waals surface area contributed by atoms with Crippen molar-refractivity contribution in [2.75, 3.05) is 40.4 Å². The Morgan fingerprint density at radius 1 is 0.953 bits per heavy atom. The summed E-state index contributed by atoms with van der Waals surface area (Å²) in [5, 5.41) is 1.27. The number of nitrogens with zero attached hydrogens (tertiary/aromatic N) is 4. The number of carbonyl (C=O) groups excluding carboxylic acids is 1. The number of carbonyl (C=O) groups is 1. The van der Waals surface area contributed by atoms with E-state index in [1.807, 2.05) is 23.5 Å². The van der Waals surface area contributed by atoms with Gasteiger partial charge in [0.15, 0.2) is 0 Å². The lowest BCUT2D eigenvalue weighted by Crippen LogP contribution is -2.50. The standard InChI is InChI=1S/C35H38N4O3S/c1-41-28-13-10-24(11-14-28)34-30(23-37-16-18-38(19-17-37)35(40)26-7-5-8-29(20-26)42-2)39-22-27(12-15-33(39)36-34)32-21-25-6-3-4-9-31(25)43-32/h3-4,6,9-15,21-22,26,29H,5,7-8,16-20,23H2,1-2H3/t26-,29-/m0/s1. The number of methoxy groups -OCH3 is 2. The van der Waals surface area contributed by atoms with Gasteiger partial charge in [-0.3, -0.25) is 9.69 Å². The van der Waals surface area contributed by atoms with Crippen molar-refractivity contribution in [1.82, 2.24) is 19.2 Å². The molecule has 0 spiro atoms. The number of pyridine rings is 1. The molecule has 1 aliphatic heterocycles. The van der Waals surface area contributed by atoms with Crippen LogP contribution in [-0.2, 0) is 16.1 Å². The summed E-state index contributed by atoms with van der Waals surface area (Å²) in [6.45, 7) is 3.97. The van der Waals surface area contributed by atoms with Crippen molar-refractivity contribution in [3.63, 3.8) is 0 Å². The third kappa shape index (κ3) is 5.67. The highest BCUT2D eigenvalue weighted by Crippen LogP contribution is 2.35. The highest BCUT2D eigenvalue weighted by molar-refractivity contribution is 7.22. The predicted molar refractivity (Wildman–Crippen MR) is 173 cm³/mol. The third-order valence-corrected chi connectivity index (χ3v) is 10.3. The van der Waals surface area contributed by atoms with E-state index in [1.54, 1.807) is 14.2 Å². The molecular weight excluding hydrogens is 556 g/mol. The van der Waals surface area contributed by atoms with Gasteiger partial charge in [0.1, 0.15) is 11.4 Å². The number of aromatic nitrogens is 2. The Balaban J connectivity index is 1.16. The van der Waals surface area contributed by atoms with Crippen LogP contribution in [0.1, 0.15) is 31.4 Å². The van der Waals surface area contributed by atoms with Crippen LogP contribution in [0.2, 0.25) is 0 Å². The van der Waals surface area contributed by atoms with Gasteiger partial charge in [-0.1, -0.05) is 24.6 Å². The molecular formula is C35H38N4O3S. The maximum absolute atomic E-state index is 13.4. The summed E-state index contributed by atoms with van der Waals surface area (Å²) >= 11 is 1.82. The summed E-state index contributed by atoms with van der Waals surface area (Å²) in [7, 11) is 3.46. The van der Waals surface area contributed by atoms with Crippen molar-refractivity contribution in [3.05, 3.63) is 78.6 Å². The zero-order chi connectivity index (χ0) is 29.3. The Kier molecular flexibility index (Phi) is 7.91. The first-order chi connectivity index (χ1) is 21.1. The van der Waals surface area contributed by atoms with Gasteiger partial charge >= 0.3 is 0 Å². The van der Waals surface area contributed by atoms with Crippen LogP contribution in [0.5, 0.6) is 5.75 Å². The van der Waals surface area contributed by atoms with Crippen LogP contribution in [0.3, 0.4) is 0 Å². The van der Waals surface area contributed by atoms with E-state index in [0.29, 0.717) is 5.91 Å². The summed E-state index contributed by atoms with van der Waals surface area (Å²) in [4.78, 5) is 24.3. The largest absolute Gasteiger partial charge is 0.497 e. The molecule has 7 nitrogen and oxygen atoms in total. The average molecular weight is 595 g/mol. The number of thiophene rings is 1. The minimum absolute atomic E-state index is 0.0954. The van der Waals surface area contributed by atoms with Crippen molar-refractivity contribution in [3.8, 4) is 27.4 Å². The molecule has 0 N–H and O–H groups in total. The normalized spacial score (nSPS) is 19.7. The van der Waals surface area contributed by atoms with E-state index >= 15 is 0 Å². The Labute approximate surface area is 256 Å². The summed E-state index contributed by atoms with van der Waals surface area (Å²) in [6, 6.07) is 23.3. The van der Waals surface area contributed by atoms with E-state index in [4.69, 9.17) is 14.5 Å². The molecule has 0 bridgehead atoms.